The lowest BCUT2D eigenvalue weighted by Gasteiger charge is -2.16. The zero-order valence-electron chi connectivity index (χ0n) is 22.0. The van der Waals surface area contributed by atoms with E-state index in [2.05, 4.69) is 10.3 Å². The highest BCUT2D eigenvalue weighted by Crippen LogP contribution is 2.30. The molecule has 1 amide bonds. The first-order valence-electron chi connectivity index (χ1n) is 12.7. The minimum atomic E-state index is -1.21. The van der Waals surface area contributed by atoms with E-state index < -0.39 is 30.2 Å². The number of amides is 1. The first-order chi connectivity index (χ1) is 19.2. The Balaban J connectivity index is 1.30. The highest BCUT2D eigenvalue weighted by atomic mass is 16.5. The summed E-state index contributed by atoms with van der Waals surface area (Å²) in [6.07, 6.45) is 2.12. The molecule has 4 N–H and O–H groups in total. The average molecular weight is 541 g/mol. The Labute approximate surface area is 229 Å². The number of rotatable bonds is 9. The van der Waals surface area contributed by atoms with E-state index in [4.69, 9.17) is 9.15 Å². The molecule has 0 radical (unpaired) electrons. The molecule has 204 valence electrons. The minimum absolute atomic E-state index is 0.00920. The number of nitrogens with one attached hydrogen (secondary N) is 2. The van der Waals surface area contributed by atoms with Gasteiger partial charge in [0.15, 0.2) is 6.61 Å². The third-order valence-electron chi connectivity index (χ3n) is 7.04. The number of carboxylic acids is 1. The number of fused-ring (bicyclic) bond motifs is 2. The van der Waals surface area contributed by atoms with E-state index in [0.29, 0.717) is 39.8 Å². The van der Waals surface area contributed by atoms with Crippen LogP contribution in [-0.2, 0) is 22.4 Å². The van der Waals surface area contributed by atoms with Gasteiger partial charge in [0.1, 0.15) is 23.1 Å². The van der Waals surface area contributed by atoms with Gasteiger partial charge in [-0.1, -0.05) is 30.3 Å². The van der Waals surface area contributed by atoms with Gasteiger partial charge in [0.25, 0.3) is 5.91 Å². The van der Waals surface area contributed by atoms with Gasteiger partial charge in [-0.3, -0.25) is 4.79 Å². The lowest BCUT2D eigenvalue weighted by Crippen LogP contribution is -2.44. The van der Waals surface area contributed by atoms with Crippen LogP contribution in [0.5, 0.6) is 11.5 Å². The van der Waals surface area contributed by atoms with E-state index in [-0.39, 0.29) is 12.2 Å². The molecule has 0 saturated heterocycles. The number of aryl methyl sites for hydroxylation is 2. The Kier molecular flexibility index (Phi) is 7.29. The largest absolute Gasteiger partial charge is 0.508 e. The maximum atomic E-state index is 12.9. The maximum absolute atomic E-state index is 12.9. The second-order valence-corrected chi connectivity index (χ2v) is 9.72. The molecule has 0 aliphatic heterocycles. The van der Waals surface area contributed by atoms with E-state index in [0.717, 1.165) is 22.0 Å². The number of hydrogen-bond acceptors (Lipinski definition) is 6. The van der Waals surface area contributed by atoms with Crippen molar-refractivity contribution in [2.45, 2.75) is 32.7 Å². The quantitative estimate of drug-likeness (QED) is 0.203. The summed E-state index contributed by atoms with van der Waals surface area (Å²) in [5.41, 5.74) is 4.29. The molecule has 9 heteroatoms. The number of benzene rings is 3. The fraction of sp³-hybridized carbons (Fsp3) is 0.194. The third-order valence-corrected chi connectivity index (χ3v) is 7.04. The first kappa shape index (κ1) is 26.6. The van der Waals surface area contributed by atoms with Gasteiger partial charge in [-0.15, -0.1) is 0 Å². The maximum Gasteiger partial charge on any atom is 0.340 e. The number of H-pyrrole nitrogens is 1. The number of aromatic nitrogens is 1. The lowest BCUT2D eigenvalue weighted by atomic mass is 9.98. The zero-order valence-corrected chi connectivity index (χ0v) is 22.0. The molecule has 1 atom stereocenters. The predicted molar refractivity (Wildman–Crippen MR) is 150 cm³/mol. The van der Waals surface area contributed by atoms with Crippen molar-refractivity contribution in [3.05, 3.63) is 105 Å². The van der Waals surface area contributed by atoms with Crippen molar-refractivity contribution in [1.82, 2.24) is 10.3 Å². The second kappa shape index (κ2) is 11.0. The van der Waals surface area contributed by atoms with Gasteiger partial charge in [0.05, 0.1) is 0 Å². The summed E-state index contributed by atoms with van der Waals surface area (Å²) in [4.78, 5) is 40.4. The van der Waals surface area contributed by atoms with Gasteiger partial charge in [0, 0.05) is 46.5 Å². The van der Waals surface area contributed by atoms with Crippen LogP contribution >= 0.6 is 0 Å². The number of phenols is 1. The molecule has 2 heterocycles. The van der Waals surface area contributed by atoms with E-state index in [1.165, 1.54) is 12.1 Å². The number of hydrogen-bond donors (Lipinski definition) is 4. The topological polar surface area (TPSA) is 142 Å². The van der Waals surface area contributed by atoms with Crippen LogP contribution in [0.15, 0.2) is 76.1 Å². The third kappa shape index (κ3) is 5.40. The van der Waals surface area contributed by atoms with E-state index in [1.807, 2.05) is 37.3 Å². The summed E-state index contributed by atoms with van der Waals surface area (Å²) >= 11 is 0. The number of carboxylic acid groups (broad SMARTS) is 1. The van der Waals surface area contributed by atoms with Crippen molar-refractivity contribution in [2.75, 3.05) is 6.61 Å². The van der Waals surface area contributed by atoms with E-state index in [1.54, 1.807) is 31.3 Å². The number of aliphatic carboxylic acids is 1. The molecule has 5 rings (SSSR count). The Hall–Kier alpha value is -5.05. The first-order valence-corrected chi connectivity index (χ1v) is 12.7. The van der Waals surface area contributed by atoms with Gasteiger partial charge < -0.3 is 29.7 Å². The van der Waals surface area contributed by atoms with Crippen molar-refractivity contribution in [2.24, 2.45) is 0 Å². The van der Waals surface area contributed by atoms with Gasteiger partial charge in [-0.25, -0.2) is 9.59 Å². The van der Waals surface area contributed by atoms with Gasteiger partial charge in [-0.2, -0.15) is 0 Å². The molecule has 0 aliphatic rings. The molecule has 0 unspecified atom stereocenters. The summed E-state index contributed by atoms with van der Waals surface area (Å²) in [5, 5.41) is 23.4. The summed E-state index contributed by atoms with van der Waals surface area (Å²) in [5.74, 6) is -1.42. The molecule has 0 fully saturated rings. The van der Waals surface area contributed by atoms with Crippen molar-refractivity contribution < 1.29 is 29.0 Å². The zero-order chi connectivity index (χ0) is 28.4. The van der Waals surface area contributed by atoms with Gasteiger partial charge >= 0.3 is 11.6 Å². The number of carbonyl (C=O) groups is 2. The number of ether oxygens (including phenoxy) is 1. The van der Waals surface area contributed by atoms with Crippen LogP contribution in [0.1, 0.15) is 27.8 Å². The molecule has 0 bridgehead atoms. The van der Waals surface area contributed by atoms with Crippen LogP contribution in [0.2, 0.25) is 0 Å². The molecular formula is C31H28N2O7. The number of carbonyl (C=O) groups excluding carboxylic acids is 1. The lowest BCUT2D eigenvalue weighted by molar-refractivity contribution is -0.142. The molecule has 2 aromatic heterocycles. The summed E-state index contributed by atoms with van der Waals surface area (Å²) in [6.45, 7) is 3.19. The molecule has 40 heavy (non-hydrogen) atoms. The number of aromatic amines is 1. The van der Waals surface area contributed by atoms with Crippen LogP contribution in [-0.4, -0.2) is 39.7 Å². The summed E-state index contributed by atoms with van der Waals surface area (Å²) in [7, 11) is 0. The SMILES string of the molecule is Cc1c(Cc2ccccc2)c(=O)oc2c(C)c(OCC(=O)N[C@@H](Cc3c[nH]c4ccc(O)cc34)C(=O)O)ccc12. The molecular weight excluding hydrogens is 512 g/mol. The molecule has 3 aromatic carbocycles. The summed E-state index contributed by atoms with van der Waals surface area (Å²) in [6, 6.07) is 16.7. The Bertz CT molecular complexity index is 1790. The minimum Gasteiger partial charge on any atom is -0.508 e. The number of aromatic hydroxyl groups is 1. The molecule has 0 saturated carbocycles. The Morgan fingerprint density at radius 2 is 1.80 bits per heavy atom. The van der Waals surface area contributed by atoms with E-state index in [9.17, 15) is 24.6 Å². The fourth-order valence-electron chi connectivity index (χ4n) is 4.87. The summed E-state index contributed by atoms with van der Waals surface area (Å²) < 4.78 is 11.4. The van der Waals surface area contributed by atoms with Crippen molar-refractivity contribution in [3.63, 3.8) is 0 Å². The smallest absolute Gasteiger partial charge is 0.340 e. The van der Waals surface area contributed by atoms with Crippen LogP contribution in [0.4, 0.5) is 0 Å². The Morgan fingerprint density at radius 3 is 2.55 bits per heavy atom. The van der Waals surface area contributed by atoms with E-state index >= 15 is 0 Å². The standard InChI is InChI=1S/C31H28N2O7/c1-17-22-9-11-27(18(2)29(22)40-31(38)23(17)12-19-6-4-3-5-7-19)39-16-28(35)33-26(30(36)37)13-20-15-32-25-10-8-21(34)14-24(20)25/h3-11,14-15,26,32,34H,12-13,16H2,1-2H3,(H,33,35)(H,36,37)/t26-/m0/s1. The van der Waals surface area contributed by atoms with Crippen LogP contribution in [0.3, 0.4) is 0 Å². The highest BCUT2D eigenvalue weighted by molar-refractivity contribution is 5.88. The molecule has 9 nitrogen and oxygen atoms in total. The normalized spacial score (nSPS) is 11.9. The van der Waals surface area contributed by atoms with Crippen LogP contribution < -0.4 is 15.7 Å². The van der Waals surface area contributed by atoms with Gasteiger partial charge in [-0.05, 0) is 60.9 Å². The monoisotopic (exact) mass is 540 g/mol. The van der Waals surface area contributed by atoms with Crippen LogP contribution in [0, 0.1) is 13.8 Å². The molecule has 0 aliphatic carbocycles. The molecule has 0 spiro atoms. The fourth-order valence-corrected chi connectivity index (χ4v) is 4.87. The highest BCUT2D eigenvalue weighted by Gasteiger charge is 2.23. The van der Waals surface area contributed by atoms with Crippen molar-refractivity contribution in [1.29, 1.82) is 0 Å². The second-order valence-electron chi connectivity index (χ2n) is 9.72. The number of phenolic OH excluding ortho intramolecular Hbond substituents is 1. The molecule has 5 aromatic rings. The van der Waals surface area contributed by atoms with Crippen molar-refractivity contribution in [3.8, 4) is 11.5 Å². The Morgan fingerprint density at radius 1 is 1.02 bits per heavy atom. The van der Waals surface area contributed by atoms with Gasteiger partial charge in [0.2, 0.25) is 0 Å². The van der Waals surface area contributed by atoms with Crippen LogP contribution in [0.25, 0.3) is 21.9 Å². The predicted octanol–water partition coefficient (Wildman–Crippen LogP) is 4.38. The van der Waals surface area contributed by atoms with Crippen molar-refractivity contribution >= 4 is 33.7 Å². The average Bonchev–Trinajstić information content (AvgIpc) is 3.32.